The van der Waals surface area contributed by atoms with Crippen LogP contribution in [0.5, 0.6) is 0 Å². The van der Waals surface area contributed by atoms with E-state index in [4.69, 9.17) is 23.2 Å². The zero-order valence-corrected chi connectivity index (χ0v) is 9.78. The van der Waals surface area contributed by atoms with Gasteiger partial charge in [0.05, 0.1) is 0 Å². The van der Waals surface area contributed by atoms with Crippen molar-refractivity contribution < 1.29 is 0 Å². The van der Waals surface area contributed by atoms with E-state index in [0.717, 1.165) is 17.6 Å². The van der Waals surface area contributed by atoms with Crippen molar-refractivity contribution >= 4 is 29.3 Å². The number of hydrogen-bond acceptors (Lipinski definition) is 0. The van der Waals surface area contributed by atoms with Crippen LogP contribution in [-0.2, 0) is 4.33 Å². The van der Waals surface area contributed by atoms with Gasteiger partial charge in [-0.15, -0.1) is 0 Å². The molecule has 0 atom stereocenters. The van der Waals surface area contributed by atoms with E-state index in [1.165, 1.54) is 11.1 Å². The second kappa shape index (κ2) is 3.29. The van der Waals surface area contributed by atoms with Gasteiger partial charge in [0.2, 0.25) is 0 Å². The van der Waals surface area contributed by atoms with E-state index in [-0.39, 0.29) is 0 Å². The van der Waals surface area contributed by atoms with Crippen LogP contribution in [0, 0.1) is 6.92 Å². The molecule has 1 aromatic rings. The molecule has 0 radical (unpaired) electrons. The number of benzene rings is 1. The van der Waals surface area contributed by atoms with Crippen LogP contribution >= 0.6 is 23.2 Å². The largest absolute Gasteiger partial charge is 0.165 e. The zero-order valence-electron chi connectivity index (χ0n) is 8.27. The van der Waals surface area contributed by atoms with Gasteiger partial charge in [-0.1, -0.05) is 54.4 Å². The van der Waals surface area contributed by atoms with Crippen LogP contribution in [0.25, 0.3) is 6.08 Å². The Bertz CT molecular complexity index is 403. The van der Waals surface area contributed by atoms with Crippen molar-refractivity contribution in [3.63, 3.8) is 0 Å². The van der Waals surface area contributed by atoms with Crippen LogP contribution in [0.1, 0.15) is 30.0 Å². The molecule has 0 bridgehead atoms. The Kier molecular flexibility index (Phi) is 2.36. The topological polar surface area (TPSA) is 0 Å². The molecule has 0 amide bonds. The highest BCUT2D eigenvalue weighted by Crippen LogP contribution is 2.50. The molecule has 1 aliphatic carbocycles. The first-order valence-corrected chi connectivity index (χ1v) is 5.52. The Labute approximate surface area is 94.5 Å². The van der Waals surface area contributed by atoms with Gasteiger partial charge in [0.1, 0.15) is 0 Å². The maximum atomic E-state index is 6.33. The number of hydrogen-bond donors (Lipinski definition) is 0. The molecule has 14 heavy (non-hydrogen) atoms. The van der Waals surface area contributed by atoms with Crippen molar-refractivity contribution in [1.82, 2.24) is 0 Å². The van der Waals surface area contributed by atoms with Gasteiger partial charge in [0.15, 0.2) is 4.33 Å². The van der Waals surface area contributed by atoms with Crippen molar-refractivity contribution in [2.45, 2.75) is 24.6 Å². The van der Waals surface area contributed by atoms with Gasteiger partial charge in [-0.3, -0.25) is 0 Å². The van der Waals surface area contributed by atoms with Crippen molar-refractivity contribution in [3.8, 4) is 0 Å². The van der Waals surface area contributed by atoms with E-state index >= 15 is 0 Å². The van der Waals surface area contributed by atoms with Crippen LogP contribution in [0.15, 0.2) is 23.8 Å². The van der Waals surface area contributed by atoms with Crippen molar-refractivity contribution in [2.24, 2.45) is 0 Å². The molecule has 0 spiro atoms. The molecule has 0 aromatic heterocycles. The lowest BCUT2D eigenvalue weighted by molar-refractivity contribution is 0.944. The summed E-state index contributed by atoms with van der Waals surface area (Å²) in [5.41, 5.74) is 4.54. The molecule has 0 heterocycles. The Morgan fingerprint density at radius 2 is 2.00 bits per heavy atom. The van der Waals surface area contributed by atoms with Crippen LogP contribution < -0.4 is 0 Å². The fourth-order valence-corrected chi connectivity index (χ4v) is 2.61. The molecule has 0 unspecified atom stereocenters. The molecule has 74 valence electrons. The van der Waals surface area contributed by atoms with Gasteiger partial charge in [0, 0.05) is 0 Å². The van der Waals surface area contributed by atoms with E-state index < -0.39 is 4.33 Å². The van der Waals surface area contributed by atoms with E-state index in [1.807, 2.05) is 12.1 Å². The summed E-state index contributed by atoms with van der Waals surface area (Å²) in [5.74, 6) is 0. The normalized spacial score (nSPS) is 17.9. The summed E-state index contributed by atoms with van der Waals surface area (Å²) in [4.78, 5) is 0. The number of fused-ring (bicyclic) bond motifs is 1. The number of rotatable bonds is 1. The summed E-state index contributed by atoms with van der Waals surface area (Å²) in [6.07, 6.45) is 3.01. The van der Waals surface area contributed by atoms with Gasteiger partial charge in [0.25, 0.3) is 0 Å². The summed E-state index contributed by atoms with van der Waals surface area (Å²) in [7, 11) is 0. The standard InChI is InChI=1S/C12H12Cl2/c1-3-9-7-10-8(2)5-4-6-11(10)12(9,13)14/h4-7H,3H2,1-2H3. The van der Waals surface area contributed by atoms with Crippen molar-refractivity contribution in [3.05, 3.63) is 40.5 Å². The smallest absolute Gasteiger partial charge is 0.0913 e. The molecule has 0 nitrogen and oxygen atoms in total. The summed E-state index contributed by atoms with van der Waals surface area (Å²) >= 11 is 12.7. The van der Waals surface area contributed by atoms with Gasteiger partial charge < -0.3 is 0 Å². The van der Waals surface area contributed by atoms with E-state index in [0.29, 0.717) is 0 Å². The predicted octanol–water partition coefficient (Wildman–Crippen LogP) is 4.43. The van der Waals surface area contributed by atoms with Crippen molar-refractivity contribution in [2.75, 3.05) is 0 Å². The number of aryl methyl sites for hydroxylation is 1. The van der Waals surface area contributed by atoms with E-state index in [1.54, 1.807) is 0 Å². The monoisotopic (exact) mass is 226 g/mol. The quantitative estimate of drug-likeness (QED) is 0.622. The highest BCUT2D eigenvalue weighted by Gasteiger charge is 2.37. The predicted molar refractivity (Wildman–Crippen MR) is 62.8 cm³/mol. The number of halogens is 2. The summed E-state index contributed by atoms with van der Waals surface area (Å²) in [6.45, 7) is 4.16. The first-order chi connectivity index (χ1) is 6.57. The molecular weight excluding hydrogens is 215 g/mol. The summed E-state index contributed by atoms with van der Waals surface area (Å²) < 4.78 is -0.809. The molecule has 1 aromatic carbocycles. The summed E-state index contributed by atoms with van der Waals surface area (Å²) in [6, 6.07) is 6.08. The van der Waals surface area contributed by atoms with Gasteiger partial charge in [-0.25, -0.2) is 0 Å². The lowest BCUT2D eigenvalue weighted by Crippen LogP contribution is -2.09. The Balaban J connectivity index is 2.65. The molecular formula is C12H12Cl2. The second-order valence-electron chi connectivity index (χ2n) is 3.63. The van der Waals surface area contributed by atoms with E-state index in [9.17, 15) is 0 Å². The van der Waals surface area contributed by atoms with Gasteiger partial charge >= 0.3 is 0 Å². The van der Waals surface area contributed by atoms with Crippen LogP contribution in [0.3, 0.4) is 0 Å². The minimum Gasteiger partial charge on any atom is -0.0913 e. The SMILES string of the molecule is CCC1=Cc2c(C)cccc2C1(Cl)Cl. The van der Waals surface area contributed by atoms with Crippen molar-refractivity contribution in [1.29, 1.82) is 0 Å². The number of alkyl halides is 2. The first kappa shape index (κ1) is 10.1. The third-order valence-electron chi connectivity index (χ3n) is 2.77. The van der Waals surface area contributed by atoms with Crippen LogP contribution in [0.2, 0.25) is 0 Å². The highest BCUT2D eigenvalue weighted by molar-refractivity contribution is 6.51. The van der Waals surface area contributed by atoms with E-state index in [2.05, 4.69) is 26.0 Å². The molecule has 2 rings (SSSR count). The average Bonchev–Trinajstić information content (AvgIpc) is 2.40. The molecule has 0 saturated carbocycles. The fraction of sp³-hybridized carbons (Fsp3) is 0.333. The number of allylic oxidation sites excluding steroid dienone is 1. The average molecular weight is 227 g/mol. The molecule has 0 saturated heterocycles. The maximum Gasteiger partial charge on any atom is 0.165 e. The van der Waals surface area contributed by atoms with Crippen LogP contribution in [0.4, 0.5) is 0 Å². The highest BCUT2D eigenvalue weighted by atomic mass is 35.5. The van der Waals surface area contributed by atoms with Gasteiger partial charge in [-0.05, 0) is 35.6 Å². The molecule has 0 fully saturated rings. The Morgan fingerprint density at radius 1 is 1.29 bits per heavy atom. The summed E-state index contributed by atoms with van der Waals surface area (Å²) in [5, 5.41) is 0. The first-order valence-electron chi connectivity index (χ1n) is 4.76. The molecule has 0 aliphatic heterocycles. The second-order valence-corrected chi connectivity index (χ2v) is 4.96. The van der Waals surface area contributed by atoms with Gasteiger partial charge in [-0.2, -0.15) is 0 Å². The molecule has 2 heteroatoms. The lowest BCUT2D eigenvalue weighted by atomic mass is 10.0. The fourth-order valence-electron chi connectivity index (χ4n) is 1.91. The molecule has 0 N–H and O–H groups in total. The lowest BCUT2D eigenvalue weighted by Gasteiger charge is -2.18. The Morgan fingerprint density at radius 3 is 2.57 bits per heavy atom. The third kappa shape index (κ3) is 1.29. The molecule has 1 aliphatic rings. The third-order valence-corrected chi connectivity index (χ3v) is 3.66. The maximum absolute atomic E-state index is 6.33. The Hall–Kier alpha value is -0.460. The zero-order chi connectivity index (χ0) is 10.3. The minimum atomic E-state index is -0.809. The van der Waals surface area contributed by atoms with Crippen LogP contribution in [-0.4, -0.2) is 0 Å². The minimum absolute atomic E-state index is 0.809.